The van der Waals surface area contributed by atoms with Crippen LogP contribution in [-0.2, 0) is 20.3 Å². The van der Waals surface area contributed by atoms with E-state index in [9.17, 15) is 20.1 Å². The van der Waals surface area contributed by atoms with Crippen LogP contribution in [0.3, 0.4) is 0 Å². The molecule has 0 aliphatic rings. The van der Waals surface area contributed by atoms with Crippen molar-refractivity contribution in [2.24, 2.45) is 0 Å². The second-order valence-electron chi connectivity index (χ2n) is 10.1. The van der Waals surface area contributed by atoms with Crippen LogP contribution in [0.4, 0.5) is 0 Å². The first-order valence-electron chi connectivity index (χ1n) is 12.1. The van der Waals surface area contributed by atoms with Gasteiger partial charge in [0, 0.05) is 10.8 Å². The summed E-state index contributed by atoms with van der Waals surface area (Å²) in [6.45, 7) is 8.23. The van der Waals surface area contributed by atoms with E-state index in [1.54, 1.807) is 36.4 Å². The summed E-state index contributed by atoms with van der Waals surface area (Å²) in [6.07, 6.45) is 0. The molecule has 0 saturated heterocycles. The molecular weight excluding hydrogens is 757 g/mol. The zero-order valence-corrected chi connectivity index (χ0v) is 27.7. The van der Waals surface area contributed by atoms with E-state index < -0.39 is 11.4 Å². The van der Waals surface area contributed by atoms with Crippen molar-refractivity contribution in [3.63, 3.8) is 0 Å². The van der Waals surface area contributed by atoms with Crippen molar-refractivity contribution in [2.75, 3.05) is 0 Å². The number of carbonyl (C=O) groups is 1. The third-order valence-electron chi connectivity index (χ3n) is 6.91. The minimum absolute atomic E-state index is 0.0767. The van der Waals surface area contributed by atoms with Crippen molar-refractivity contribution in [1.29, 1.82) is 0 Å². The molecule has 5 nitrogen and oxygen atoms in total. The molecule has 0 amide bonds. The molecule has 0 spiro atoms. The van der Waals surface area contributed by atoms with Crippen LogP contribution in [0.15, 0.2) is 91.0 Å². The zero-order chi connectivity index (χ0) is 28.8. The van der Waals surface area contributed by atoms with E-state index in [1.807, 2.05) is 68.4 Å². The fourth-order valence-electron chi connectivity index (χ4n) is 4.33. The molecule has 0 fully saturated rings. The predicted molar refractivity (Wildman–Crippen MR) is 168 cm³/mol. The number of benzene rings is 4. The van der Waals surface area contributed by atoms with Crippen molar-refractivity contribution in [3.8, 4) is 23.0 Å². The van der Waals surface area contributed by atoms with Crippen LogP contribution in [0, 0.1) is 0 Å². The summed E-state index contributed by atoms with van der Waals surface area (Å²) in [6, 6.07) is 26.9. The van der Waals surface area contributed by atoms with Gasteiger partial charge in [-0.2, -0.15) is 0 Å². The maximum absolute atomic E-state index is 12.1. The molecule has 4 rings (SSSR count). The van der Waals surface area contributed by atoms with Gasteiger partial charge in [-0.05, 0) is 70.8 Å². The average Bonchev–Trinajstić information content (AvgIpc) is 2.90. The number of carboxylic acid groups (broad SMARTS) is 1. The molecule has 203 valence electrons. The Hall–Kier alpha value is -2.21. The molecule has 0 atom stereocenters. The third-order valence-corrected chi connectivity index (χ3v) is 6.91. The van der Waals surface area contributed by atoms with E-state index in [0.29, 0.717) is 15.2 Å². The van der Waals surface area contributed by atoms with Crippen molar-refractivity contribution in [1.82, 2.24) is 0 Å². The molecule has 0 unspecified atom stereocenters. The molecule has 4 aromatic carbocycles. The molecule has 0 heterocycles. The number of phenolic OH excluding ortho intramolecular Hbond substituents is 2. The summed E-state index contributed by atoms with van der Waals surface area (Å²) in [5.41, 5.74) is 3.21. The quantitative estimate of drug-likeness (QED) is 0.163. The van der Waals surface area contributed by atoms with E-state index in [-0.39, 0.29) is 28.2 Å². The molecule has 0 saturated carbocycles. The van der Waals surface area contributed by atoms with Gasteiger partial charge in [-0.15, -0.1) is 0 Å². The Morgan fingerprint density at radius 3 is 1.44 bits per heavy atom. The fourth-order valence-corrected chi connectivity index (χ4v) is 4.33. The average molecular weight is 787 g/mol. The fraction of sp³-hybridized carbons (Fsp3) is 0.194. The molecule has 3 N–H and O–H groups in total. The van der Waals surface area contributed by atoms with Gasteiger partial charge in [0.15, 0.2) is 0 Å². The molecule has 0 aliphatic heterocycles. The van der Waals surface area contributed by atoms with Gasteiger partial charge in [0.25, 0.3) is 0 Å². The first-order valence-corrected chi connectivity index (χ1v) is 21.1. The normalized spacial score (nSPS) is 11.2. The van der Waals surface area contributed by atoms with Gasteiger partial charge in [0.1, 0.15) is 28.6 Å². The van der Waals surface area contributed by atoms with Gasteiger partial charge >= 0.3 is 55.4 Å². The van der Waals surface area contributed by atoms with Crippen LogP contribution in [0.2, 0.25) is 0 Å². The SMILES string of the molecule is CC(C)(c1ccc(O)cc1)c1ccc(Oc2ccc(C(C)(C)c3ccc(O)cc3)cc2C(=O)O)cc1.[I][V][I]. The number of halogens is 2. The van der Waals surface area contributed by atoms with Crippen LogP contribution in [0.25, 0.3) is 0 Å². The molecule has 8 heteroatoms. The second-order valence-corrected chi connectivity index (χ2v) is 21.8. The van der Waals surface area contributed by atoms with Crippen LogP contribution >= 0.6 is 40.0 Å². The van der Waals surface area contributed by atoms with E-state index >= 15 is 0 Å². The van der Waals surface area contributed by atoms with Crippen LogP contribution in [0.1, 0.15) is 60.3 Å². The maximum atomic E-state index is 12.1. The Bertz CT molecular complexity index is 1400. The summed E-state index contributed by atoms with van der Waals surface area (Å²) in [4.78, 5) is 12.1. The van der Waals surface area contributed by atoms with Gasteiger partial charge in [-0.25, -0.2) is 4.79 Å². The molecule has 0 bridgehead atoms. The summed E-state index contributed by atoms with van der Waals surface area (Å²) in [5, 5.41) is 29.1. The standard InChI is InChI=1S/C31H30O5.2HI.V/c1-30(2,20-5-12-24(32)13-6-20)22-9-16-26(17-10-22)36-28-18-11-23(19-27(28)29(34)35)31(3,4)21-7-14-25(33)15-8-21;;;/h5-19,32-33H,1-4H3,(H,34,35);2*1H;/q;;;+2/p-2. The van der Waals surface area contributed by atoms with Crippen LogP contribution in [0.5, 0.6) is 23.0 Å². The van der Waals surface area contributed by atoms with Gasteiger partial charge in [0.2, 0.25) is 0 Å². The molecule has 39 heavy (non-hydrogen) atoms. The Labute approximate surface area is 258 Å². The van der Waals surface area contributed by atoms with Crippen molar-refractivity contribution >= 4 is 45.9 Å². The van der Waals surface area contributed by atoms with Crippen LogP contribution < -0.4 is 4.74 Å². The summed E-state index contributed by atoms with van der Waals surface area (Å²) in [5.74, 6) is 0.136. The van der Waals surface area contributed by atoms with Crippen molar-refractivity contribution in [3.05, 3.63) is 119 Å². The first kappa shape index (κ1) is 31.3. The van der Waals surface area contributed by atoms with Crippen molar-refractivity contribution < 1.29 is 34.3 Å². The number of rotatable bonds is 7. The third kappa shape index (κ3) is 7.71. The molecule has 0 aromatic heterocycles. The number of aromatic carboxylic acids is 1. The summed E-state index contributed by atoms with van der Waals surface area (Å²) in [7, 11) is 0.628. The first-order chi connectivity index (χ1) is 18.4. The molecule has 4 aromatic rings. The number of carboxylic acids is 1. The van der Waals surface area contributed by atoms with Gasteiger partial charge < -0.3 is 20.1 Å². The minimum atomic E-state index is -1.07. The Balaban J connectivity index is 0.00000134. The number of ether oxygens (including phenoxy) is 1. The van der Waals surface area contributed by atoms with E-state index in [0.717, 1.165) is 22.3 Å². The van der Waals surface area contributed by atoms with Gasteiger partial charge in [0.05, 0.1) is 0 Å². The number of phenols is 2. The van der Waals surface area contributed by atoms with Gasteiger partial charge in [-0.1, -0.05) is 70.2 Å². The zero-order valence-electron chi connectivity index (χ0n) is 22.0. The Kier molecular flexibility index (Phi) is 10.8. The molecule has 0 aliphatic carbocycles. The molecular formula is C31H30I2O5V. The predicted octanol–water partition coefficient (Wildman–Crippen LogP) is 9.01. The van der Waals surface area contributed by atoms with Crippen LogP contribution in [-0.4, -0.2) is 21.3 Å². The monoisotopic (exact) mass is 787 g/mol. The summed E-state index contributed by atoms with van der Waals surface area (Å²) >= 11 is 4.74. The number of aromatic hydroxyl groups is 2. The molecule has 0 radical (unpaired) electrons. The van der Waals surface area contributed by atoms with Gasteiger partial charge in [-0.3, -0.25) is 0 Å². The summed E-state index contributed by atoms with van der Waals surface area (Å²) < 4.78 is 6.00. The Morgan fingerprint density at radius 2 is 1.03 bits per heavy atom. The van der Waals surface area contributed by atoms with E-state index in [4.69, 9.17) is 4.74 Å². The van der Waals surface area contributed by atoms with Crippen molar-refractivity contribution in [2.45, 2.75) is 38.5 Å². The van der Waals surface area contributed by atoms with E-state index in [1.165, 1.54) is 0 Å². The Morgan fingerprint density at radius 1 is 0.667 bits per heavy atom. The number of hydrogen-bond acceptors (Lipinski definition) is 4. The second kappa shape index (κ2) is 13.4. The number of hydrogen-bond donors (Lipinski definition) is 3. The topological polar surface area (TPSA) is 87.0 Å². The van der Waals surface area contributed by atoms with E-state index in [2.05, 4.69) is 53.8 Å².